The smallest absolute Gasteiger partial charge is 0.308 e. The molecule has 1 rings (SSSR count). The molecular formula is C6H12O5. The van der Waals surface area contributed by atoms with Crippen LogP contribution >= 0.6 is 0 Å². The lowest BCUT2D eigenvalue weighted by atomic mass is 10.1. The molecule has 0 saturated carbocycles. The van der Waals surface area contributed by atoms with E-state index in [1.54, 1.807) is 6.92 Å². The van der Waals surface area contributed by atoms with E-state index in [4.69, 9.17) is 20.4 Å². The zero-order valence-corrected chi connectivity index (χ0v) is 6.14. The average Bonchev–Trinajstić information content (AvgIpc) is 2.13. The van der Waals surface area contributed by atoms with Gasteiger partial charge < -0.3 is 25.2 Å². The first-order chi connectivity index (χ1) is 4.99. The molecule has 0 bridgehead atoms. The van der Waals surface area contributed by atoms with Gasteiger partial charge in [0.2, 0.25) is 0 Å². The zero-order valence-electron chi connectivity index (χ0n) is 6.14. The van der Waals surface area contributed by atoms with E-state index in [-0.39, 0.29) is 0 Å². The summed E-state index contributed by atoms with van der Waals surface area (Å²) in [6.45, 7) is 1.71. The Bertz CT molecular complexity index is 146. The maximum Gasteiger partial charge on any atom is 0.308 e. The summed E-state index contributed by atoms with van der Waals surface area (Å²) in [5, 5.41) is 35.8. The summed E-state index contributed by atoms with van der Waals surface area (Å²) in [7, 11) is 0. The third-order valence-corrected chi connectivity index (χ3v) is 1.82. The third kappa shape index (κ3) is 1.38. The van der Waals surface area contributed by atoms with Crippen LogP contribution in [0.2, 0.25) is 0 Å². The van der Waals surface area contributed by atoms with Crippen LogP contribution < -0.4 is 0 Å². The third-order valence-electron chi connectivity index (χ3n) is 1.82. The van der Waals surface area contributed by atoms with Gasteiger partial charge in [0.25, 0.3) is 0 Å². The van der Waals surface area contributed by atoms with Gasteiger partial charge in [-0.2, -0.15) is 0 Å². The van der Waals surface area contributed by atoms with Crippen molar-refractivity contribution >= 4 is 0 Å². The molecule has 1 aliphatic heterocycles. The lowest BCUT2D eigenvalue weighted by Crippen LogP contribution is -2.42. The second kappa shape index (κ2) is 2.69. The number of aliphatic hydroxyl groups is 4. The minimum absolute atomic E-state index is 0.418. The van der Waals surface area contributed by atoms with Crippen LogP contribution in [0.4, 0.5) is 0 Å². The maximum absolute atomic E-state index is 9.10. The van der Waals surface area contributed by atoms with Crippen molar-refractivity contribution in [1.82, 2.24) is 0 Å². The number of rotatable bonds is 1. The molecule has 0 aliphatic carbocycles. The number of hydrogen-bond donors (Lipinski definition) is 4. The first-order valence-corrected chi connectivity index (χ1v) is 3.47. The predicted octanol–water partition coefficient (Wildman–Crippen LogP) is -1.84. The van der Waals surface area contributed by atoms with Crippen molar-refractivity contribution in [2.24, 2.45) is 0 Å². The Labute approximate surface area is 63.8 Å². The second-order valence-electron chi connectivity index (χ2n) is 2.66. The van der Waals surface area contributed by atoms with Gasteiger partial charge in [-0.1, -0.05) is 6.92 Å². The fraction of sp³-hybridized carbons (Fsp3) is 1.00. The zero-order chi connectivity index (χ0) is 8.65. The van der Waals surface area contributed by atoms with Crippen molar-refractivity contribution < 1.29 is 25.2 Å². The molecule has 0 aromatic carbocycles. The van der Waals surface area contributed by atoms with Gasteiger partial charge in [0.1, 0.15) is 6.10 Å². The van der Waals surface area contributed by atoms with Gasteiger partial charge in [-0.3, -0.25) is 0 Å². The quantitative estimate of drug-likeness (QED) is 0.342. The minimum atomic E-state index is -2.60. The first-order valence-electron chi connectivity index (χ1n) is 3.47. The molecule has 1 aliphatic rings. The Hall–Kier alpha value is -0.200. The normalized spacial score (nSPS) is 42.8. The Morgan fingerprint density at radius 1 is 1.36 bits per heavy atom. The van der Waals surface area contributed by atoms with Gasteiger partial charge in [-0.05, 0) is 6.42 Å². The fourth-order valence-corrected chi connectivity index (χ4v) is 1.11. The lowest BCUT2D eigenvalue weighted by Gasteiger charge is -2.17. The highest BCUT2D eigenvalue weighted by Gasteiger charge is 2.51. The molecule has 5 nitrogen and oxygen atoms in total. The molecule has 0 aromatic rings. The maximum atomic E-state index is 9.10. The molecule has 66 valence electrons. The summed E-state index contributed by atoms with van der Waals surface area (Å²) in [5.74, 6) is -2.60. The van der Waals surface area contributed by atoms with Crippen molar-refractivity contribution in [2.75, 3.05) is 0 Å². The van der Waals surface area contributed by atoms with Crippen LogP contribution in [0.1, 0.15) is 13.3 Å². The monoisotopic (exact) mass is 164 g/mol. The van der Waals surface area contributed by atoms with Crippen LogP contribution in [0, 0.1) is 0 Å². The highest BCUT2D eigenvalue weighted by Crippen LogP contribution is 2.28. The molecule has 0 amide bonds. The Kier molecular flexibility index (Phi) is 2.17. The van der Waals surface area contributed by atoms with E-state index < -0.39 is 24.3 Å². The second-order valence-corrected chi connectivity index (χ2v) is 2.66. The molecule has 0 aromatic heterocycles. The molecule has 1 heterocycles. The highest BCUT2D eigenvalue weighted by molar-refractivity contribution is 4.88. The summed E-state index contributed by atoms with van der Waals surface area (Å²) in [6.07, 6.45) is -3.16. The van der Waals surface area contributed by atoms with Crippen LogP contribution in [0.3, 0.4) is 0 Å². The van der Waals surface area contributed by atoms with Gasteiger partial charge in [-0.15, -0.1) is 0 Å². The van der Waals surface area contributed by atoms with E-state index >= 15 is 0 Å². The van der Waals surface area contributed by atoms with Gasteiger partial charge in [0, 0.05) is 0 Å². The minimum Gasteiger partial charge on any atom is -0.387 e. The summed E-state index contributed by atoms with van der Waals surface area (Å²) >= 11 is 0. The molecule has 11 heavy (non-hydrogen) atoms. The molecule has 4 N–H and O–H groups in total. The SMILES string of the molecule is CC[C@H]1OC(O)(O)[C@@H](O)[C@@H]1O. The molecular weight excluding hydrogens is 152 g/mol. The van der Waals surface area contributed by atoms with Crippen molar-refractivity contribution in [2.45, 2.75) is 37.6 Å². The van der Waals surface area contributed by atoms with Crippen LogP contribution in [-0.4, -0.2) is 44.7 Å². The lowest BCUT2D eigenvalue weighted by molar-refractivity contribution is -0.354. The largest absolute Gasteiger partial charge is 0.387 e. The molecule has 3 atom stereocenters. The van der Waals surface area contributed by atoms with Gasteiger partial charge in [-0.25, -0.2) is 0 Å². The summed E-state index contributed by atoms with van der Waals surface area (Å²) < 4.78 is 4.53. The van der Waals surface area contributed by atoms with Gasteiger partial charge >= 0.3 is 5.97 Å². The summed E-state index contributed by atoms with van der Waals surface area (Å²) in [5.41, 5.74) is 0. The highest BCUT2D eigenvalue weighted by atomic mass is 16.8. The van der Waals surface area contributed by atoms with Crippen molar-refractivity contribution in [3.05, 3.63) is 0 Å². The molecule has 1 saturated heterocycles. The molecule has 0 spiro atoms. The van der Waals surface area contributed by atoms with E-state index in [0.717, 1.165) is 0 Å². The van der Waals surface area contributed by atoms with E-state index in [1.165, 1.54) is 0 Å². The van der Waals surface area contributed by atoms with Crippen LogP contribution in [-0.2, 0) is 4.74 Å². The van der Waals surface area contributed by atoms with Crippen LogP contribution in [0.25, 0.3) is 0 Å². The van der Waals surface area contributed by atoms with Gasteiger partial charge in [0.05, 0.1) is 6.10 Å². The van der Waals surface area contributed by atoms with Gasteiger partial charge in [0.15, 0.2) is 6.10 Å². The Balaban J connectivity index is 2.69. The van der Waals surface area contributed by atoms with Crippen molar-refractivity contribution in [3.63, 3.8) is 0 Å². The van der Waals surface area contributed by atoms with E-state index in [9.17, 15) is 0 Å². The number of hydrogen-bond acceptors (Lipinski definition) is 5. The van der Waals surface area contributed by atoms with Crippen LogP contribution in [0.5, 0.6) is 0 Å². The number of ether oxygens (including phenoxy) is 1. The van der Waals surface area contributed by atoms with Crippen molar-refractivity contribution in [3.8, 4) is 0 Å². The molecule has 1 fully saturated rings. The predicted molar refractivity (Wildman–Crippen MR) is 34.3 cm³/mol. The molecule has 5 heteroatoms. The van der Waals surface area contributed by atoms with Crippen molar-refractivity contribution in [1.29, 1.82) is 0 Å². The summed E-state index contributed by atoms with van der Waals surface area (Å²) in [4.78, 5) is 0. The number of aliphatic hydroxyl groups excluding tert-OH is 2. The molecule has 0 unspecified atom stereocenters. The Morgan fingerprint density at radius 2 is 1.91 bits per heavy atom. The first kappa shape index (κ1) is 8.89. The fourth-order valence-electron chi connectivity index (χ4n) is 1.11. The average molecular weight is 164 g/mol. The topological polar surface area (TPSA) is 90.2 Å². The Morgan fingerprint density at radius 3 is 2.09 bits per heavy atom. The standard InChI is InChI=1S/C6H12O5/c1-2-3-4(7)5(8)6(9,10)11-3/h3-5,7-10H,2H2,1H3/t3-,4-,5+/m1/s1. The van der Waals surface area contributed by atoms with E-state index in [2.05, 4.69) is 4.74 Å². The van der Waals surface area contributed by atoms with E-state index in [0.29, 0.717) is 6.42 Å². The van der Waals surface area contributed by atoms with E-state index in [1.807, 2.05) is 0 Å². The van der Waals surface area contributed by atoms with Crippen LogP contribution in [0.15, 0.2) is 0 Å². The molecule has 0 radical (unpaired) electrons. The summed E-state index contributed by atoms with van der Waals surface area (Å²) in [6, 6.07) is 0.